The molecule has 0 aromatic heterocycles. The zero-order valence-corrected chi connectivity index (χ0v) is 11.0. The predicted molar refractivity (Wildman–Crippen MR) is 66.9 cm³/mol. The van der Waals surface area contributed by atoms with Crippen LogP contribution in [0.15, 0.2) is 28.7 Å². The average Bonchev–Trinajstić information content (AvgIpc) is 2.20. The van der Waals surface area contributed by atoms with Crippen molar-refractivity contribution in [2.24, 2.45) is 11.8 Å². The van der Waals surface area contributed by atoms with Crippen LogP contribution in [0.4, 0.5) is 0 Å². The summed E-state index contributed by atoms with van der Waals surface area (Å²) in [7, 11) is 0. The Balaban J connectivity index is 2.62. The van der Waals surface area contributed by atoms with Gasteiger partial charge in [-0.2, -0.15) is 0 Å². The minimum atomic E-state index is 0.117. The lowest BCUT2D eigenvalue weighted by Crippen LogP contribution is -2.18. The van der Waals surface area contributed by atoms with Crippen LogP contribution >= 0.6 is 15.9 Å². The van der Waals surface area contributed by atoms with Gasteiger partial charge in [0.05, 0.1) is 0 Å². The van der Waals surface area contributed by atoms with Crippen molar-refractivity contribution in [3.8, 4) is 0 Å². The van der Waals surface area contributed by atoms with Crippen molar-refractivity contribution in [2.75, 3.05) is 0 Å². The number of hydrogen-bond acceptors (Lipinski definition) is 1. The molecule has 0 N–H and O–H groups in total. The molecule has 0 fully saturated rings. The molecule has 1 rings (SSSR count). The molecule has 1 aromatic rings. The molecule has 0 saturated heterocycles. The lowest BCUT2D eigenvalue weighted by Gasteiger charge is -2.12. The first-order valence-electron chi connectivity index (χ1n) is 5.29. The maximum absolute atomic E-state index is 11.7. The van der Waals surface area contributed by atoms with Gasteiger partial charge < -0.3 is 0 Å². The second kappa shape index (κ2) is 5.45. The maximum Gasteiger partial charge on any atom is 0.138 e. The van der Waals surface area contributed by atoms with E-state index in [0.29, 0.717) is 5.78 Å². The van der Waals surface area contributed by atoms with Crippen molar-refractivity contribution < 1.29 is 4.79 Å². The molecule has 1 atom stereocenters. The number of carbonyl (C=O) groups is 1. The molecule has 0 radical (unpaired) electrons. The molecular weight excluding hydrogens is 252 g/mol. The summed E-state index contributed by atoms with van der Waals surface area (Å²) < 4.78 is 1.08. The fourth-order valence-corrected chi connectivity index (χ4v) is 1.91. The van der Waals surface area contributed by atoms with Gasteiger partial charge in [0.1, 0.15) is 5.78 Å². The smallest absolute Gasteiger partial charge is 0.138 e. The van der Waals surface area contributed by atoms with Crippen LogP contribution in [0.3, 0.4) is 0 Å². The van der Waals surface area contributed by atoms with Gasteiger partial charge in [-0.1, -0.05) is 48.8 Å². The van der Waals surface area contributed by atoms with Crippen LogP contribution in [-0.4, -0.2) is 5.78 Å². The molecule has 0 heterocycles. The van der Waals surface area contributed by atoms with Crippen molar-refractivity contribution in [1.82, 2.24) is 0 Å². The van der Waals surface area contributed by atoms with E-state index in [2.05, 4.69) is 28.1 Å². The summed E-state index contributed by atoms with van der Waals surface area (Å²) in [6.45, 7) is 5.92. The van der Waals surface area contributed by atoms with Gasteiger partial charge in [-0.25, -0.2) is 0 Å². The van der Waals surface area contributed by atoms with Gasteiger partial charge in [0.15, 0.2) is 0 Å². The molecule has 0 saturated carbocycles. The second-order valence-electron chi connectivity index (χ2n) is 4.29. The molecule has 2 heteroatoms. The van der Waals surface area contributed by atoms with E-state index in [1.807, 2.05) is 32.9 Å². The summed E-state index contributed by atoms with van der Waals surface area (Å²) in [6.07, 6.45) is 0.838. The number of halogens is 1. The highest BCUT2D eigenvalue weighted by molar-refractivity contribution is 9.10. The Labute approximate surface area is 100 Å². The number of rotatable bonds is 4. The molecule has 0 bridgehead atoms. The number of Topliss-reactive ketones (excluding diaryl/α,β-unsaturated/α-hetero) is 1. The van der Waals surface area contributed by atoms with Gasteiger partial charge in [-0.3, -0.25) is 4.79 Å². The normalized spacial score (nSPS) is 12.9. The minimum Gasteiger partial charge on any atom is -0.299 e. The van der Waals surface area contributed by atoms with Crippen LogP contribution < -0.4 is 0 Å². The zero-order valence-electron chi connectivity index (χ0n) is 9.46. The fraction of sp³-hybridized carbons (Fsp3) is 0.462. The van der Waals surface area contributed by atoms with Crippen LogP contribution in [0.5, 0.6) is 0 Å². The highest BCUT2D eigenvalue weighted by Gasteiger charge is 2.16. The van der Waals surface area contributed by atoms with Gasteiger partial charge >= 0.3 is 0 Å². The Kier molecular flexibility index (Phi) is 4.52. The van der Waals surface area contributed by atoms with Crippen molar-refractivity contribution >= 4 is 21.7 Å². The third-order valence-electron chi connectivity index (χ3n) is 2.51. The van der Waals surface area contributed by atoms with Gasteiger partial charge in [-0.15, -0.1) is 0 Å². The Morgan fingerprint density at radius 2 is 1.73 bits per heavy atom. The van der Waals surface area contributed by atoms with E-state index in [4.69, 9.17) is 0 Å². The van der Waals surface area contributed by atoms with E-state index in [9.17, 15) is 4.79 Å². The van der Waals surface area contributed by atoms with Crippen LogP contribution in [0.1, 0.15) is 26.3 Å². The molecule has 0 spiro atoms. The van der Waals surface area contributed by atoms with Crippen LogP contribution in [0, 0.1) is 11.8 Å². The Morgan fingerprint density at radius 3 is 2.20 bits per heavy atom. The van der Waals surface area contributed by atoms with Crippen molar-refractivity contribution in [3.63, 3.8) is 0 Å². The van der Waals surface area contributed by atoms with E-state index in [1.54, 1.807) is 0 Å². The first kappa shape index (κ1) is 12.4. The summed E-state index contributed by atoms with van der Waals surface area (Å²) in [5.41, 5.74) is 1.22. The first-order valence-corrected chi connectivity index (χ1v) is 6.08. The summed E-state index contributed by atoms with van der Waals surface area (Å²) in [4.78, 5) is 11.7. The number of ketones is 1. The fourth-order valence-electron chi connectivity index (χ4n) is 1.64. The van der Waals surface area contributed by atoms with E-state index >= 15 is 0 Å². The quantitative estimate of drug-likeness (QED) is 0.811. The van der Waals surface area contributed by atoms with E-state index in [-0.39, 0.29) is 11.8 Å². The summed E-state index contributed by atoms with van der Waals surface area (Å²) in [5.74, 6) is 0.597. The minimum absolute atomic E-state index is 0.117. The molecule has 82 valence electrons. The third kappa shape index (κ3) is 3.78. The van der Waals surface area contributed by atoms with Gasteiger partial charge in [-0.05, 0) is 24.1 Å². The number of carbonyl (C=O) groups excluding carboxylic acids is 1. The molecule has 0 amide bonds. The molecule has 0 aliphatic carbocycles. The molecule has 0 aliphatic rings. The van der Waals surface area contributed by atoms with E-state index in [1.165, 1.54) is 5.56 Å². The van der Waals surface area contributed by atoms with Crippen molar-refractivity contribution in [1.29, 1.82) is 0 Å². The van der Waals surface area contributed by atoms with Crippen LogP contribution in [0.25, 0.3) is 0 Å². The van der Waals surface area contributed by atoms with Gasteiger partial charge in [0.2, 0.25) is 0 Å². The molecule has 0 aliphatic heterocycles. The monoisotopic (exact) mass is 268 g/mol. The lowest BCUT2D eigenvalue weighted by molar-refractivity contribution is -0.125. The SMILES string of the molecule is CC(C)C(=O)C(C)Cc1ccc(Br)cc1. The van der Waals surface area contributed by atoms with Crippen LogP contribution in [0.2, 0.25) is 0 Å². The zero-order chi connectivity index (χ0) is 11.4. The maximum atomic E-state index is 11.7. The highest BCUT2D eigenvalue weighted by Crippen LogP contribution is 2.16. The Bertz CT molecular complexity index is 327. The number of benzene rings is 1. The Hall–Kier alpha value is -0.630. The second-order valence-corrected chi connectivity index (χ2v) is 5.20. The topological polar surface area (TPSA) is 17.1 Å². The van der Waals surface area contributed by atoms with Gasteiger partial charge in [0.25, 0.3) is 0 Å². The predicted octanol–water partition coefficient (Wildman–Crippen LogP) is 3.85. The standard InChI is InChI=1S/C13H17BrO/c1-9(2)13(15)10(3)8-11-4-6-12(14)7-5-11/h4-7,9-10H,8H2,1-3H3. The Morgan fingerprint density at radius 1 is 1.20 bits per heavy atom. The lowest BCUT2D eigenvalue weighted by atomic mass is 9.91. The third-order valence-corrected chi connectivity index (χ3v) is 3.04. The van der Waals surface area contributed by atoms with Crippen molar-refractivity contribution in [3.05, 3.63) is 34.3 Å². The van der Waals surface area contributed by atoms with Crippen LogP contribution in [-0.2, 0) is 11.2 Å². The molecule has 15 heavy (non-hydrogen) atoms. The number of hydrogen-bond donors (Lipinski definition) is 0. The molecule has 1 nitrogen and oxygen atoms in total. The highest BCUT2D eigenvalue weighted by atomic mass is 79.9. The first-order chi connectivity index (χ1) is 7.00. The summed E-state index contributed by atoms with van der Waals surface area (Å²) in [5, 5.41) is 0. The average molecular weight is 269 g/mol. The summed E-state index contributed by atoms with van der Waals surface area (Å²) >= 11 is 3.40. The van der Waals surface area contributed by atoms with Crippen molar-refractivity contribution in [2.45, 2.75) is 27.2 Å². The molecular formula is C13H17BrO. The van der Waals surface area contributed by atoms with Gasteiger partial charge in [0, 0.05) is 16.3 Å². The van der Waals surface area contributed by atoms with E-state index < -0.39 is 0 Å². The summed E-state index contributed by atoms with van der Waals surface area (Å²) in [6, 6.07) is 8.16. The largest absolute Gasteiger partial charge is 0.299 e. The molecule has 1 unspecified atom stereocenters. The van der Waals surface area contributed by atoms with E-state index in [0.717, 1.165) is 10.9 Å². The molecule has 1 aromatic carbocycles.